The Bertz CT molecular complexity index is 449. The van der Waals surface area contributed by atoms with Crippen molar-refractivity contribution in [3.63, 3.8) is 0 Å². The van der Waals surface area contributed by atoms with Crippen LogP contribution in [0.5, 0.6) is 0 Å². The van der Waals surface area contributed by atoms with Crippen molar-refractivity contribution >= 4 is 12.3 Å². The number of aryl methyl sites for hydroxylation is 1. The summed E-state index contributed by atoms with van der Waals surface area (Å²) in [5.74, 6) is -0.330. The van der Waals surface area contributed by atoms with Gasteiger partial charge in [-0.2, -0.15) is 0 Å². The molecule has 0 aromatic heterocycles. The Hall–Kier alpha value is -1.76. The molecular weight excluding hydrogens is 274 g/mol. The summed E-state index contributed by atoms with van der Waals surface area (Å²) in [7, 11) is 0. The normalized spacial score (nSPS) is 10.4. The van der Waals surface area contributed by atoms with Crippen molar-refractivity contribution in [3.05, 3.63) is 35.4 Å². The molecule has 0 spiro atoms. The van der Waals surface area contributed by atoms with Crippen LogP contribution in [0.25, 0.3) is 0 Å². The maximum Gasteiger partial charge on any atom is 0.260 e. The summed E-state index contributed by atoms with van der Waals surface area (Å²) < 4.78 is 10.3. The Morgan fingerprint density at radius 2 is 1.86 bits per heavy atom. The third-order valence-corrected chi connectivity index (χ3v) is 2.85. The molecule has 0 aliphatic heterocycles. The Morgan fingerprint density at radius 1 is 1.19 bits per heavy atom. The average Bonchev–Trinajstić information content (AvgIpc) is 2.50. The molecule has 0 saturated carbocycles. The number of imide groups is 1. The van der Waals surface area contributed by atoms with Crippen LogP contribution in [0.15, 0.2) is 24.3 Å². The van der Waals surface area contributed by atoms with Gasteiger partial charge in [-0.25, -0.2) is 0 Å². The molecule has 116 valence electrons. The monoisotopic (exact) mass is 295 g/mol. The number of amides is 2. The number of ether oxygens (including phenoxy) is 2. The van der Waals surface area contributed by atoms with Gasteiger partial charge in [0.15, 0.2) is 0 Å². The molecule has 0 saturated heterocycles. The zero-order valence-corrected chi connectivity index (χ0v) is 12.2. The predicted octanol–water partition coefficient (Wildman–Crippen LogP) is 0.619. The number of carbonyl (C=O) groups is 2. The van der Waals surface area contributed by atoms with Gasteiger partial charge in [0.25, 0.3) is 5.91 Å². The SMILES string of the molecule is Cc1ccccc1C(=O)N(C=O)CCOCCOCCO. The molecule has 1 N–H and O–H groups in total. The summed E-state index contributed by atoms with van der Waals surface area (Å²) in [4.78, 5) is 24.3. The number of hydrogen-bond donors (Lipinski definition) is 1. The third-order valence-electron chi connectivity index (χ3n) is 2.85. The first-order valence-corrected chi connectivity index (χ1v) is 6.79. The molecule has 1 rings (SSSR count). The fourth-order valence-electron chi connectivity index (χ4n) is 1.72. The van der Waals surface area contributed by atoms with Gasteiger partial charge in [0.05, 0.1) is 39.6 Å². The van der Waals surface area contributed by atoms with E-state index in [1.54, 1.807) is 12.1 Å². The minimum Gasteiger partial charge on any atom is -0.394 e. The van der Waals surface area contributed by atoms with Crippen LogP contribution in [0, 0.1) is 6.92 Å². The average molecular weight is 295 g/mol. The molecule has 0 heterocycles. The number of benzene rings is 1. The Labute approximate surface area is 124 Å². The van der Waals surface area contributed by atoms with Crippen molar-refractivity contribution in [3.8, 4) is 0 Å². The number of nitrogens with zero attached hydrogens (tertiary/aromatic N) is 1. The highest BCUT2D eigenvalue weighted by Gasteiger charge is 2.16. The van der Waals surface area contributed by atoms with Crippen molar-refractivity contribution in [2.45, 2.75) is 6.92 Å². The van der Waals surface area contributed by atoms with Crippen molar-refractivity contribution in [1.82, 2.24) is 4.90 Å². The van der Waals surface area contributed by atoms with E-state index in [4.69, 9.17) is 14.6 Å². The molecule has 0 fully saturated rings. The van der Waals surface area contributed by atoms with Crippen molar-refractivity contribution in [2.75, 3.05) is 39.6 Å². The van der Waals surface area contributed by atoms with Gasteiger partial charge in [-0.3, -0.25) is 14.5 Å². The number of carbonyl (C=O) groups excluding carboxylic acids is 2. The number of aliphatic hydroxyl groups is 1. The molecule has 0 unspecified atom stereocenters. The van der Waals surface area contributed by atoms with E-state index in [0.29, 0.717) is 25.2 Å². The van der Waals surface area contributed by atoms with Gasteiger partial charge < -0.3 is 14.6 Å². The van der Waals surface area contributed by atoms with E-state index in [1.165, 1.54) is 0 Å². The van der Waals surface area contributed by atoms with Crippen LogP contribution in [0.1, 0.15) is 15.9 Å². The third kappa shape index (κ3) is 6.03. The molecule has 1 aromatic carbocycles. The summed E-state index contributed by atoms with van der Waals surface area (Å²) in [5.41, 5.74) is 1.34. The lowest BCUT2D eigenvalue weighted by Crippen LogP contribution is -2.33. The minimum absolute atomic E-state index is 0.0240. The first kappa shape index (κ1) is 17.3. The summed E-state index contributed by atoms with van der Waals surface area (Å²) in [5, 5.41) is 8.52. The van der Waals surface area contributed by atoms with Crippen LogP contribution < -0.4 is 0 Å². The maximum atomic E-state index is 12.2. The van der Waals surface area contributed by atoms with Gasteiger partial charge in [-0.15, -0.1) is 0 Å². The Morgan fingerprint density at radius 3 is 2.48 bits per heavy atom. The minimum atomic E-state index is -0.330. The lowest BCUT2D eigenvalue weighted by molar-refractivity contribution is -0.116. The smallest absolute Gasteiger partial charge is 0.260 e. The summed E-state index contributed by atoms with van der Waals surface area (Å²) in [6.45, 7) is 3.23. The highest BCUT2D eigenvalue weighted by Crippen LogP contribution is 2.09. The summed E-state index contributed by atoms with van der Waals surface area (Å²) >= 11 is 0. The molecule has 1 aromatic rings. The molecule has 0 radical (unpaired) electrons. The van der Waals surface area contributed by atoms with Gasteiger partial charge in [0, 0.05) is 5.56 Å². The second-order valence-electron chi connectivity index (χ2n) is 4.37. The number of hydrogen-bond acceptors (Lipinski definition) is 5. The van der Waals surface area contributed by atoms with E-state index in [-0.39, 0.29) is 32.3 Å². The zero-order valence-electron chi connectivity index (χ0n) is 12.2. The fraction of sp³-hybridized carbons (Fsp3) is 0.467. The predicted molar refractivity (Wildman–Crippen MR) is 77.0 cm³/mol. The van der Waals surface area contributed by atoms with Crippen molar-refractivity contribution in [1.29, 1.82) is 0 Å². The standard InChI is InChI=1S/C15H21NO5/c1-13-4-2-3-5-14(13)15(19)16(12-18)6-8-20-10-11-21-9-7-17/h2-5,12,17H,6-11H2,1H3. The second-order valence-corrected chi connectivity index (χ2v) is 4.37. The lowest BCUT2D eigenvalue weighted by Gasteiger charge is -2.16. The largest absolute Gasteiger partial charge is 0.394 e. The quantitative estimate of drug-likeness (QED) is 0.506. The van der Waals surface area contributed by atoms with Crippen LogP contribution in [0.2, 0.25) is 0 Å². The topological polar surface area (TPSA) is 76.1 Å². The molecule has 2 amide bonds. The first-order chi connectivity index (χ1) is 10.2. The molecule has 0 aliphatic rings. The lowest BCUT2D eigenvalue weighted by atomic mass is 10.1. The van der Waals surface area contributed by atoms with E-state index >= 15 is 0 Å². The summed E-state index contributed by atoms with van der Waals surface area (Å²) in [6.07, 6.45) is 0.514. The van der Waals surface area contributed by atoms with Gasteiger partial charge in [0.2, 0.25) is 6.41 Å². The molecule has 6 nitrogen and oxygen atoms in total. The molecule has 0 bridgehead atoms. The zero-order chi connectivity index (χ0) is 15.5. The van der Waals surface area contributed by atoms with E-state index in [1.807, 2.05) is 19.1 Å². The van der Waals surface area contributed by atoms with Crippen LogP contribution in [0.4, 0.5) is 0 Å². The van der Waals surface area contributed by atoms with Crippen LogP contribution in [-0.2, 0) is 14.3 Å². The molecule has 6 heteroatoms. The van der Waals surface area contributed by atoms with Crippen LogP contribution in [0.3, 0.4) is 0 Å². The first-order valence-electron chi connectivity index (χ1n) is 6.79. The van der Waals surface area contributed by atoms with E-state index in [9.17, 15) is 9.59 Å². The highest BCUT2D eigenvalue weighted by atomic mass is 16.5. The molecule has 21 heavy (non-hydrogen) atoms. The van der Waals surface area contributed by atoms with Crippen molar-refractivity contribution in [2.24, 2.45) is 0 Å². The second kappa shape index (κ2) is 10.0. The van der Waals surface area contributed by atoms with Crippen molar-refractivity contribution < 1.29 is 24.2 Å². The molecular formula is C15H21NO5. The van der Waals surface area contributed by atoms with E-state index in [2.05, 4.69) is 0 Å². The van der Waals surface area contributed by atoms with E-state index < -0.39 is 0 Å². The van der Waals surface area contributed by atoms with E-state index in [0.717, 1.165) is 10.5 Å². The van der Waals surface area contributed by atoms with Gasteiger partial charge >= 0.3 is 0 Å². The fourth-order valence-corrected chi connectivity index (χ4v) is 1.72. The Balaban J connectivity index is 2.36. The molecule has 0 aliphatic carbocycles. The number of aliphatic hydroxyl groups excluding tert-OH is 1. The Kier molecular flexibility index (Phi) is 8.27. The van der Waals surface area contributed by atoms with Gasteiger partial charge in [0.1, 0.15) is 0 Å². The van der Waals surface area contributed by atoms with Gasteiger partial charge in [-0.05, 0) is 18.6 Å². The summed E-state index contributed by atoms with van der Waals surface area (Å²) in [6, 6.07) is 7.12. The maximum absolute atomic E-state index is 12.2. The highest BCUT2D eigenvalue weighted by molar-refractivity contribution is 6.00. The van der Waals surface area contributed by atoms with Crippen LogP contribution >= 0.6 is 0 Å². The molecule has 0 atom stereocenters. The van der Waals surface area contributed by atoms with Gasteiger partial charge in [-0.1, -0.05) is 18.2 Å². The van der Waals surface area contributed by atoms with Crippen LogP contribution in [-0.4, -0.2) is 61.9 Å². The number of rotatable bonds is 10.